The molecule has 1 aliphatic heterocycles. The SMILES string of the molecule is CC(C)(C)c1ccc(Cn2cc(C3CCNCC3)c3ccc(OCCCCc4ccccc4)cc32)cc1. The van der Waals surface area contributed by atoms with Gasteiger partial charge in [-0.3, -0.25) is 0 Å². The summed E-state index contributed by atoms with van der Waals surface area (Å²) in [7, 11) is 0. The number of benzene rings is 3. The fourth-order valence-corrected chi connectivity index (χ4v) is 5.55. The van der Waals surface area contributed by atoms with Crippen LogP contribution in [0.3, 0.4) is 0 Å². The largest absolute Gasteiger partial charge is 0.494 e. The lowest BCUT2D eigenvalue weighted by atomic mass is 9.87. The normalized spacial score (nSPS) is 14.8. The zero-order chi connectivity index (χ0) is 25.7. The highest BCUT2D eigenvalue weighted by molar-refractivity contribution is 5.86. The molecule has 4 aromatic rings. The smallest absolute Gasteiger partial charge is 0.121 e. The molecular formula is C34H42N2O. The summed E-state index contributed by atoms with van der Waals surface area (Å²) in [6.07, 6.45) is 8.15. The number of hydrogen-bond acceptors (Lipinski definition) is 2. The average Bonchev–Trinajstić information content (AvgIpc) is 3.27. The summed E-state index contributed by atoms with van der Waals surface area (Å²) < 4.78 is 8.69. The fourth-order valence-electron chi connectivity index (χ4n) is 5.55. The van der Waals surface area contributed by atoms with Crippen molar-refractivity contribution in [2.75, 3.05) is 19.7 Å². The first kappa shape index (κ1) is 25.6. The number of nitrogens with zero attached hydrogens (tertiary/aromatic N) is 1. The van der Waals surface area contributed by atoms with Crippen LogP contribution in [0, 0.1) is 0 Å². The van der Waals surface area contributed by atoms with Gasteiger partial charge < -0.3 is 14.6 Å². The van der Waals surface area contributed by atoms with Gasteiger partial charge in [-0.2, -0.15) is 0 Å². The molecule has 37 heavy (non-hydrogen) atoms. The van der Waals surface area contributed by atoms with Crippen molar-refractivity contribution in [3.05, 3.63) is 101 Å². The van der Waals surface area contributed by atoms with Crippen molar-refractivity contribution in [3.63, 3.8) is 0 Å². The molecule has 3 aromatic carbocycles. The van der Waals surface area contributed by atoms with Crippen molar-refractivity contribution in [2.24, 2.45) is 0 Å². The standard InChI is InChI=1S/C34H42N2O/c1-34(2,3)29-14-12-27(13-15-29)24-36-25-32(28-18-20-35-21-19-28)31-17-16-30(23-33(31)36)37-22-8-7-11-26-9-5-4-6-10-26/h4-6,9-10,12-17,23,25,28,35H,7-8,11,18-22,24H2,1-3H3. The molecule has 1 N–H and O–H groups in total. The van der Waals surface area contributed by atoms with Gasteiger partial charge >= 0.3 is 0 Å². The van der Waals surface area contributed by atoms with E-state index >= 15 is 0 Å². The quantitative estimate of drug-likeness (QED) is 0.240. The van der Waals surface area contributed by atoms with Crippen LogP contribution >= 0.6 is 0 Å². The third-order valence-electron chi connectivity index (χ3n) is 7.81. The second-order valence-corrected chi connectivity index (χ2v) is 11.7. The van der Waals surface area contributed by atoms with Crippen LogP contribution in [-0.4, -0.2) is 24.3 Å². The van der Waals surface area contributed by atoms with Crippen LogP contribution in [0.25, 0.3) is 10.9 Å². The van der Waals surface area contributed by atoms with Gasteiger partial charge in [0.05, 0.1) is 12.1 Å². The molecule has 0 radical (unpaired) electrons. The Balaban J connectivity index is 1.32. The number of nitrogens with one attached hydrogen (secondary N) is 1. The Hall–Kier alpha value is -3.04. The van der Waals surface area contributed by atoms with Crippen molar-refractivity contribution in [1.29, 1.82) is 0 Å². The Morgan fingerprint density at radius 2 is 1.62 bits per heavy atom. The highest BCUT2D eigenvalue weighted by Crippen LogP contribution is 2.35. The summed E-state index contributed by atoms with van der Waals surface area (Å²) in [5.74, 6) is 1.60. The summed E-state index contributed by atoms with van der Waals surface area (Å²) in [6.45, 7) is 10.7. The third-order valence-corrected chi connectivity index (χ3v) is 7.81. The maximum absolute atomic E-state index is 6.24. The van der Waals surface area contributed by atoms with E-state index < -0.39 is 0 Å². The Morgan fingerprint density at radius 3 is 2.35 bits per heavy atom. The minimum atomic E-state index is 0.175. The molecule has 1 fully saturated rings. The first-order valence-electron chi connectivity index (χ1n) is 14.1. The van der Waals surface area contributed by atoms with E-state index in [1.165, 1.54) is 46.0 Å². The summed E-state index contributed by atoms with van der Waals surface area (Å²) >= 11 is 0. The predicted octanol–water partition coefficient (Wildman–Crippen LogP) is 7.86. The number of hydrogen-bond donors (Lipinski definition) is 1. The lowest BCUT2D eigenvalue weighted by Gasteiger charge is -2.22. The van der Waals surface area contributed by atoms with Gasteiger partial charge in [-0.15, -0.1) is 0 Å². The Morgan fingerprint density at radius 1 is 0.865 bits per heavy atom. The highest BCUT2D eigenvalue weighted by atomic mass is 16.5. The molecule has 0 bridgehead atoms. The molecule has 0 amide bonds. The van der Waals surface area contributed by atoms with Crippen LogP contribution in [-0.2, 0) is 18.4 Å². The minimum Gasteiger partial charge on any atom is -0.494 e. The monoisotopic (exact) mass is 494 g/mol. The molecule has 0 atom stereocenters. The zero-order valence-electron chi connectivity index (χ0n) is 22.8. The molecule has 1 saturated heterocycles. The maximum Gasteiger partial charge on any atom is 0.121 e. The molecular weight excluding hydrogens is 452 g/mol. The van der Waals surface area contributed by atoms with Gasteiger partial charge in [0.1, 0.15) is 5.75 Å². The lowest BCUT2D eigenvalue weighted by molar-refractivity contribution is 0.307. The van der Waals surface area contributed by atoms with Gasteiger partial charge in [0.25, 0.3) is 0 Å². The van der Waals surface area contributed by atoms with Crippen LogP contribution in [0.2, 0.25) is 0 Å². The first-order valence-corrected chi connectivity index (χ1v) is 14.1. The first-order chi connectivity index (χ1) is 18.0. The maximum atomic E-state index is 6.24. The Bertz CT molecular complexity index is 1280. The second kappa shape index (κ2) is 11.6. The van der Waals surface area contributed by atoms with Gasteiger partial charge in [-0.25, -0.2) is 0 Å². The van der Waals surface area contributed by atoms with E-state index in [-0.39, 0.29) is 5.41 Å². The van der Waals surface area contributed by atoms with E-state index in [9.17, 15) is 0 Å². The summed E-state index contributed by atoms with van der Waals surface area (Å²) in [5.41, 5.74) is 7.09. The van der Waals surface area contributed by atoms with Crippen LogP contribution < -0.4 is 10.1 Å². The lowest BCUT2D eigenvalue weighted by Crippen LogP contribution is -2.26. The van der Waals surface area contributed by atoms with Crippen LogP contribution in [0.15, 0.2) is 79.0 Å². The van der Waals surface area contributed by atoms with Crippen molar-refractivity contribution >= 4 is 10.9 Å². The molecule has 194 valence electrons. The fraction of sp³-hybridized carbons (Fsp3) is 0.412. The summed E-state index contributed by atoms with van der Waals surface area (Å²) in [6, 6.07) is 26.6. The van der Waals surface area contributed by atoms with Crippen molar-refractivity contribution in [1.82, 2.24) is 9.88 Å². The minimum absolute atomic E-state index is 0.175. The average molecular weight is 495 g/mol. The van der Waals surface area contributed by atoms with Crippen LogP contribution in [0.4, 0.5) is 0 Å². The molecule has 0 saturated carbocycles. The van der Waals surface area contributed by atoms with Gasteiger partial charge in [-0.1, -0.05) is 75.4 Å². The van der Waals surface area contributed by atoms with E-state index in [1.807, 2.05) is 0 Å². The zero-order valence-corrected chi connectivity index (χ0v) is 22.8. The number of aromatic nitrogens is 1. The summed E-state index contributed by atoms with van der Waals surface area (Å²) in [5, 5.41) is 4.91. The molecule has 1 aliphatic rings. The van der Waals surface area contributed by atoms with E-state index in [1.54, 1.807) is 0 Å². The molecule has 1 aromatic heterocycles. The van der Waals surface area contributed by atoms with E-state index in [0.29, 0.717) is 5.92 Å². The summed E-state index contributed by atoms with van der Waals surface area (Å²) in [4.78, 5) is 0. The van der Waals surface area contributed by atoms with E-state index in [0.717, 1.165) is 51.3 Å². The number of fused-ring (bicyclic) bond motifs is 1. The number of rotatable bonds is 9. The van der Waals surface area contributed by atoms with Gasteiger partial charge in [0, 0.05) is 24.2 Å². The molecule has 0 aliphatic carbocycles. The highest BCUT2D eigenvalue weighted by Gasteiger charge is 2.21. The molecule has 0 unspecified atom stereocenters. The van der Waals surface area contributed by atoms with Gasteiger partial charge in [0.2, 0.25) is 0 Å². The van der Waals surface area contributed by atoms with Crippen molar-refractivity contribution in [3.8, 4) is 5.75 Å². The second-order valence-electron chi connectivity index (χ2n) is 11.7. The predicted molar refractivity (Wildman–Crippen MR) is 156 cm³/mol. The Kier molecular flexibility index (Phi) is 8.00. The van der Waals surface area contributed by atoms with Gasteiger partial charge in [0.15, 0.2) is 0 Å². The van der Waals surface area contributed by atoms with Crippen molar-refractivity contribution < 1.29 is 4.74 Å². The third kappa shape index (κ3) is 6.45. The van der Waals surface area contributed by atoms with Crippen molar-refractivity contribution in [2.45, 2.75) is 70.8 Å². The van der Waals surface area contributed by atoms with E-state index in [2.05, 4.69) is 110 Å². The molecule has 5 rings (SSSR count). The van der Waals surface area contributed by atoms with Crippen LogP contribution in [0.1, 0.15) is 74.6 Å². The molecule has 2 heterocycles. The van der Waals surface area contributed by atoms with Crippen LogP contribution in [0.5, 0.6) is 5.75 Å². The number of aryl methyl sites for hydroxylation is 1. The molecule has 3 nitrogen and oxygen atoms in total. The molecule has 0 spiro atoms. The van der Waals surface area contributed by atoms with E-state index in [4.69, 9.17) is 4.74 Å². The number of unbranched alkanes of at least 4 members (excludes halogenated alkanes) is 1. The Labute approximate surface area is 222 Å². The number of piperidine rings is 1. The topological polar surface area (TPSA) is 26.2 Å². The molecule has 3 heteroatoms. The number of ether oxygens (including phenoxy) is 1. The van der Waals surface area contributed by atoms with Gasteiger partial charge in [-0.05, 0) is 90.9 Å².